The van der Waals surface area contributed by atoms with Crippen LogP contribution in [0.15, 0.2) is 54.6 Å². The van der Waals surface area contributed by atoms with Gasteiger partial charge in [0.25, 0.3) is 0 Å². The van der Waals surface area contributed by atoms with Gasteiger partial charge in [0, 0.05) is 6.04 Å². The van der Waals surface area contributed by atoms with Gasteiger partial charge in [-0.3, -0.25) is 0 Å². The molecular weight excluding hydrogens is 258 g/mol. The van der Waals surface area contributed by atoms with Crippen LogP contribution >= 0.6 is 0 Å². The van der Waals surface area contributed by atoms with Gasteiger partial charge in [0.1, 0.15) is 11.5 Å². The van der Waals surface area contributed by atoms with E-state index in [9.17, 15) is 0 Å². The molecule has 3 atom stereocenters. The van der Waals surface area contributed by atoms with Crippen LogP contribution in [-0.4, -0.2) is 0 Å². The SMILES string of the molecule is NC(c1ccc(Oc2ccccc2)cc1)C1C2CCCC21. The molecule has 2 aliphatic carbocycles. The van der Waals surface area contributed by atoms with Gasteiger partial charge in [-0.1, -0.05) is 36.8 Å². The van der Waals surface area contributed by atoms with Gasteiger partial charge in [-0.05, 0) is 60.4 Å². The maximum Gasteiger partial charge on any atom is 0.127 e. The number of ether oxygens (including phenoxy) is 1. The second-order valence-electron chi connectivity index (χ2n) is 6.35. The maximum absolute atomic E-state index is 6.45. The number of para-hydroxylation sites is 1. The third-order valence-electron chi connectivity index (χ3n) is 5.13. The van der Waals surface area contributed by atoms with E-state index in [1.807, 2.05) is 42.5 Å². The number of rotatable bonds is 4. The molecule has 0 amide bonds. The van der Waals surface area contributed by atoms with Gasteiger partial charge < -0.3 is 10.5 Å². The Morgan fingerprint density at radius 3 is 2.14 bits per heavy atom. The van der Waals surface area contributed by atoms with Gasteiger partial charge in [-0.2, -0.15) is 0 Å². The summed E-state index contributed by atoms with van der Waals surface area (Å²) in [5.74, 6) is 4.26. The smallest absolute Gasteiger partial charge is 0.127 e. The first-order valence-corrected chi connectivity index (χ1v) is 7.91. The summed E-state index contributed by atoms with van der Waals surface area (Å²) in [5, 5.41) is 0. The van der Waals surface area contributed by atoms with E-state index < -0.39 is 0 Å². The van der Waals surface area contributed by atoms with Gasteiger partial charge in [0.2, 0.25) is 0 Å². The molecule has 0 saturated heterocycles. The summed E-state index contributed by atoms with van der Waals surface area (Å²) < 4.78 is 5.82. The third kappa shape index (κ3) is 2.44. The standard InChI is InChI=1S/C19H21NO/c20-19(18-16-7-4-8-17(16)18)13-9-11-15(12-10-13)21-14-5-2-1-3-6-14/h1-3,5-6,9-12,16-19H,4,7-8,20H2. The zero-order valence-corrected chi connectivity index (χ0v) is 12.1. The molecule has 2 saturated carbocycles. The minimum Gasteiger partial charge on any atom is -0.457 e. The molecule has 2 aromatic carbocycles. The van der Waals surface area contributed by atoms with Crippen LogP contribution in [0, 0.1) is 17.8 Å². The molecule has 2 N–H and O–H groups in total. The van der Waals surface area contributed by atoms with Crippen LogP contribution in [0.1, 0.15) is 30.9 Å². The predicted octanol–water partition coefficient (Wildman–Crippen LogP) is 4.52. The van der Waals surface area contributed by atoms with Crippen LogP contribution in [0.25, 0.3) is 0 Å². The Morgan fingerprint density at radius 1 is 0.857 bits per heavy atom. The van der Waals surface area contributed by atoms with Crippen LogP contribution < -0.4 is 10.5 Å². The van der Waals surface area contributed by atoms with Crippen LogP contribution in [0.5, 0.6) is 11.5 Å². The first kappa shape index (κ1) is 12.9. The summed E-state index contributed by atoms with van der Waals surface area (Å²) in [7, 11) is 0. The van der Waals surface area contributed by atoms with Crippen molar-refractivity contribution in [2.45, 2.75) is 25.3 Å². The van der Waals surface area contributed by atoms with Gasteiger partial charge in [-0.15, -0.1) is 0 Å². The summed E-state index contributed by atoms with van der Waals surface area (Å²) >= 11 is 0. The van der Waals surface area contributed by atoms with Crippen LogP contribution in [0.3, 0.4) is 0 Å². The van der Waals surface area contributed by atoms with Crippen molar-refractivity contribution in [1.29, 1.82) is 0 Å². The van der Waals surface area contributed by atoms with E-state index >= 15 is 0 Å². The Kier molecular flexibility index (Phi) is 3.19. The minimum atomic E-state index is 0.200. The fourth-order valence-electron chi connectivity index (χ4n) is 4.01. The van der Waals surface area contributed by atoms with E-state index in [-0.39, 0.29) is 6.04 Å². The van der Waals surface area contributed by atoms with Crippen molar-refractivity contribution in [2.24, 2.45) is 23.5 Å². The zero-order valence-electron chi connectivity index (χ0n) is 12.1. The van der Waals surface area contributed by atoms with Gasteiger partial charge in [0.15, 0.2) is 0 Å². The van der Waals surface area contributed by atoms with Crippen LogP contribution in [-0.2, 0) is 0 Å². The first-order valence-electron chi connectivity index (χ1n) is 7.91. The molecule has 2 nitrogen and oxygen atoms in total. The fraction of sp³-hybridized carbons (Fsp3) is 0.368. The number of hydrogen-bond acceptors (Lipinski definition) is 2. The summed E-state index contributed by atoms with van der Waals surface area (Å²) in [5.41, 5.74) is 7.70. The molecule has 4 rings (SSSR count). The third-order valence-corrected chi connectivity index (χ3v) is 5.13. The van der Waals surface area contributed by atoms with Crippen molar-refractivity contribution in [3.63, 3.8) is 0 Å². The lowest BCUT2D eigenvalue weighted by Gasteiger charge is -2.15. The molecule has 108 valence electrons. The summed E-state index contributed by atoms with van der Waals surface area (Å²) in [4.78, 5) is 0. The highest BCUT2D eigenvalue weighted by molar-refractivity contribution is 5.34. The summed E-state index contributed by atoms with van der Waals surface area (Å²) in [6.07, 6.45) is 4.18. The van der Waals surface area contributed by atoms with E-state index in [2.05, 4.69) is 12.1 Å². The Balaban J connectivity index is 1.44. The predicted molar refractivity (Wildman–Crippen MR) is 84.2 cm³/mol. The average molecular weight is 279 g/mol. The summed E-state index contributed by atoms with van der Waals surface area (Å²) in [6, 6.07) is 18.4. The molecule has 0 spiro atoms. The highest BCUT2D eigenvalue weighted by Gasteiger charge is 2.55. The average Bonchev–Trinajstić information content (AvgIpc) is 3.00. The highest BCUT2D eigenvalue weighted by Crippen LogP contribution is 2.61. The molecule has 0 aromatic heterocycles. The van der Waals surface area contributed by atoms with Crippen molar-refractivity contribution in [3.8, 4) is 11.5 Å². The molecule has 2 heteroatoms. The van der Waals surface area contributed by atoms with E-state index in [0.717, 1.165) is 29.3 Å². The lowest BCUT2D eigenvalue weighted by Crippen LogP contribution is -2.15. The molecular formula is C19H21NO. The molecule has 0 aliphatic heterocycles. The van der Waals surface area contributed by atoms with E-state index in [0.29, 0.717) is 0 Å². The van der Waals surface area contributed by atoms with E-state index in [1.165, 1.54) is 24.8 Å². The van der Waals surface area contributed by atoms with Crippen LogP contribution in [0.4, 0.5) is 0 Å². The maximum atomic E-state index is 6.45. The van der Waals surface area contributed by atoms with Crippen LogP contribution in [0.2, 0.25) is 0 Å². The molecule has 0 radical (unpaired) electrons. The first-order chi connectivity index (χ1) is 10.3. The molecule has 21 heavy (non-hydrogen) atoms. The second-order valence-corrected chi connectivity index (χ2v) is 6.35. The van der Waals surface area contributed by atoms with Crippen molar-refractivity contribution in [2.75, 3.05) is 0 Å². The van der Waals surface area contributed by atoms with Gasteiger partial charge in [-0.25, -0.2) is 0 Å². The van der Waals surface area contributed by atoms with Gasteiger partial charge in [0.05, 0.1) is 0 Å². The molecule has 2 aliphatic rings. The topological polar surface area (TPSA) is 35.2 Å². The minimum absolute atomic E-state index is 0.200. The molecule has 0 heterocycles. The quantitative estimate of drug-likeness (QED) is 0.892. The summed E-state index contributed by atoms with van der Waals surface area (Å²) in [6.45, 7) is 0. The normalized spacial score (nSPS) is 28.0. The lowest BCUT2D eigenvalue weighted by molar-refractivity contribution is 0.479. The van der Waals surface area contributed by atoms with Crippen molar-refractivity contribution < 1.29 is 4.74 Å². The van der Waals surface area contributed by atoms with Crippen molar-refractivity contribution >= 4 is 0 Å². The molecule has 2 fully saturated rings. The van der Waals surface area contributed by atoms with Crippen molar-refractivity contribution in [1.82, 2.24) is 0 Å². The number of benzene rings is 2. The largest absolute Gasteiger partial charge is 0.457 e. The van der Waals surface area contributed by atoms with E-state index in [4.69, 9.17) is 10.5 Å². The Bertz CT molecular complexity index is 597. The number of nitrogens with two attached hydrogens (primary N) is 1. The number of hydrogen-bond donors (Lipinski definition) is 1. The Morgan fingerprint density at radius 2 is 1.48 bits per heavy atom. The molecule has 2 aromatic rings. The second kappa shape index (κ2) is 5.19. The van der Waals surface area contributed by atoms with E-state index in [1.54, 1.807) is 0 Å². The molecule has 0 bridgehead atoms. The molecule has 3 unspecified atom stereocenters. The van der Waals surface area contributed by atoms with Gasteiger partial charge >= 0.3 is 0 Å². The number of fused-ring (bicyclic) bond motifs is 1. The highest BCUT2D eigenvalue weighted by atomic mass is 16.5. The fourth-order valence-corrected chi connectivity index (χ4v) is 4.01. The van der Waals surface area contributed by atoms with Crippen molar-refractivity contribution in [3.05, 3.63) is 60.2 Å². The monoisotopic (exact) mass is 279 g/mol. The lowest BCUT2D eigenvalue weighted by atomic mass is 9.98. The zero-order chi connectivity index (χ0) is 14.2. The Hall–Kier alpha value is -1.80. The Labute approximate surface area is 125 Å².